The summed E-state index contributed by atoms with van der Waals surface area (Å²) in [5.74, 6) is -0.509. The molecule has 0 aliphatic carbocycles. The number of hydrogen-bond donors (Lipinski definition) is 0. The van der Waals surface area contributed by atoms with Gasteiger partial charge in [0.25, 0.3) is 0 Å². The van der Waals surface area contributed by atoms with Crippen LogP contribution in [0, 0.1) is 5.41 Å². The number of carbonyl (C=O) groups excluding carboxylic acids is 3. The summed E-state index contributed by atoms with van der Waals surface area (Å²) in [6.45, 7) is 10.5. The largest absolute Gasteiger partial charge is 0.461 e. The summed E-state index contributed by atoms with van der Waals surface area (Å²) >= 11 is 0. The van der Waals surface area contributed by atoms with E-state index in [0.29, 0.717) is 32.8 Å². The Morgan fingerprint density at radius 3 is 2.35 bits per heavy atom. The molecule has 2 aliphatic heterocycles. The number of carbonyl (C=O) groups is 3. The molecule has 0 atom stereocenters. The molecule has 1 spiro atoms. The topological polar surface area (TPSA) is 94.0 Å². The maximum atomic E-state index is 12.8. The lowest BCUT2D eigenvalue weighted by molar-refractivity contribution is 0.0252. The summed E-state index contributed by atoms with van der Waals surface area (Å²) in [6, 6.07) is 1.26. The number of rotatable bonds is 4. The van der Waals surface area contributed by atoms with Crippen molar-refractivity contribution in [2.75, 3.05) is 32.8 Å². The molecule has 0 saturated carbocycles. The van der Waals surface area contributed by atoms with Crippen molar-refractivity contribution in [3.63, 3.8) is 0 Å². The van der Waals surface area contributed by atoms with Gasteiger partial charge in [-0.15, -0.1) is 0 Å². The lowest BCUT2D eigenvalue weighted by atomic mass is 9.78. The second-order valence-corrected chi connectivity index (χ2v) is 9.56. The highest BCUT2D eigenvalue weighted by Crippen LogP contribution is 2.40. The Morgan fingerprint density at radius 1 is 1.10 bits per heavy atom. The fraction of sp³-hybridized carbons (Fsp3) is 0.727. The van der Waals surface area contributed by atoms with E-state index in [1.165, 1.54) is 16.9 Å². The second kappa shape index (κ2) is 9.28. The van der Waals surface area contributed by atoms with Crippen LogP contribution in [0.1, 0.15) is 70.3 Å². The third-order valence-corrected chi connectivity index (χ3v) is 5.91. The Hall–Kier alpha value is -2.58. The first-order chi connectivity index (χ1) is 14.6. The highest BCUT2D eigenvalue weighted by atomic mass is 16.6. The van der Waals surface area contributed by atoms with Crippen LogP contribution in [-0.4, -0.2) is 76.1 Å². The molecule has 2 aliphatic rings. The number of unbranched alkanes of at least 4 members (excludes halogenated alkanes) is 1. The zero-order valence-electron chi connectivity index (χ0n) is 19.1. The third-order valence-electron chi connectivity index (χ3n) is 5.91. The molecule has 1 aromatic rings. The van der Waals surface area contributed by atoms with Gasteiger partial charge in [-0.1, -0.05) is 13.3 Å². The first kappa shape index (κ1) is 23.1. The number of amides is 2. The van der Waals surface area contributed by atoms with Gasteiger partial charge in [-0.3, -0.25) is 0 Å². The molecule has 0 N–H and O–H groups in total. The summed E-state index contributed by atoms with van der Waals surface area (Å²) in [5, 5.41) is 4.10. The number of nitrogens with zero attached hydrogens (tertiary/aromatic N) is 4. The Labute approximate surface area is 183 Å². The summed E-state index contributed by atoms with van der Waals surface area (Å²) in [4.78, 5) is 40.7. The molecule has 9 nitrogen and oxygen atoms in total. The number of aromatic nitrogens is 2. The van der Waals surface area contributed by atoms with Crippen LogP contribution in [-0.2, 0) is 9.47 Å². The summed E-state index contributed by atoms with van der Waals surface area (Å²) in [6.07, 6.45) is 5.54. The van der Waals surface area contributed by atoms with Crippen molar-refractivity contribution in [3.8, 4) is 0 Å². The van der Waals surface area contributed by atoms with Gasteiger partial charge in [-0.05, 0) is 57.9 Å². The molecule has 3 heterocycles. The normalized spacial score (nSPS) is 18.3. The third kappa shape index (κ3) is 5.77. The molecule has 2 saturated heterocycles. The monoisotopic (exact) mass is 434 g/mol. The fourth-order valence-corrected chi connectivity index (χ4v) is 4.07. The van der Waals surface area contributed by atoms with Gasteiger partial charge in [0.1, 0.15) is 5.60 Å². The molecule has 172 valence electrons. The van der Waals surface area contributed by atoms with Crippen molar-refractivity contribution >= 4 is 18.1 Å². The van der Waals surface area contributed by atoms with Crippen LogP contribution in [0.3, 0.4) is 0 Å². The van der Waals surface area contributed by atoms with E-state index in [-0.39, 0.29) is 23.2 Å². The van der Waals surface area contributed by atoms with Crippen molar-refractivity contribution in [1.82, 2.24) is 19.6 Å². The van der Waals surface area contributed by atoms with Gasteiger partial charge in [0.2, 0.25) is 0 Å². The fourth-order valence-electron chi connectivity index (χ4n) is 4.07. The quantitative estimate of drug-likeness (QED) is 0.532. The van der Waals surface area contributed by atoms with E-state index >= 15 is 0 Å². The highest BCUT2D eigenvalue weighted by molar-refractivity contribution is 5.88. The first-order valence-electron chi connectivity index (χ1n) is 11.1. The average molecular weight is 435 g/mol. The van der Waals surface area contributed by atoms with Gasteiger partial charge in [-0.2, -0.15) is 9.78 Å². The molecule has 2 fully saturated rings. The van der Waals surface area contributed by atoms with E-state index in [9.17, 15) is 14.4 Å². The molecular weight excluding hydrogens is 400 g/mol. The zero-order valence-corrected chi connectivity index (χ0v) is 19.1. The number of piperidine rings is 1. The predicted octanol–water partition coefficient (Wildman–Crippen LogP) is 3.53. The van der Waals surface area contributed by atoms with Crippen LogP contribution in [0.4, 0.5) is 9.59 Å². The smallest absolute Gasteiger partial charge is 0.410 e. The summed E-state index contributed by atoms with van der Waals surface area (Å²) in [5.41, 5.74) is -0.332. The van der Waals surface area contributed by atoms with Crippen LogP contribution >= 0.6 is 0 Å². The molecule has 0 aromatic carbocycles. The molecule has 3 rings (SSSR count). The van der Waals surface area contributed by atoms with Crippen LogP contribution in [0.25, 0.3) is 0 Å². The van der Waals surface area contributed by atoms with Crippen LogP contribution < -0.4 is 0 Å². The maximum absolute atomic E-state index is 12.8. The Morgan fingerprint density at radius 2 is 1.74 bits per heavy atom. The van der Waals surface area contributed by atoms with Crippen LogP contribution in [0.5, 0.6) is 0 Å². The molecule has 0 radical (unpaired) electrons. The molecule has 0 unspecified atom stereocenters. The summed E-state index contributed by atoms with van der Waals surface area (Å²) < 4.78 is 11.9. The van der Waals surface area contributed by atoms with Gasteiger partial charge in [-0.25, -0.2) is 14.4 Å². The van der Waals surface area contributed by atoms with Crippen LogP contribution in [0.2, 0.25) is 0 Å². The SMILES string of the molecule is CCCCOC(=O)c1ccn(C(=O)N2CCC3(CCN(C(=O)OC(C)(C)C)C3)CC2)n1. The minimum atomic E-state index is -0.509. The molecule has 2 amide bonds. The number of hydrogen-bond acceptors (Lipinski definition) is 6. The van der Waals surface area contributed by atoms with Crippen molar-refractivity contribution in [1.29, 1.82) is 0 Å². The lowest BCUT2D eigenvalue weighted by Crippen LogP contribution is -2.46. The van der Waals surface area contributed by atoms with E-state index in [1.807, 2.05) is 27.7 Å². The van der Waals surface area contributed by atoms with Gasteiger partial charge in [0.05, 0.1) is 6.61 Å². The van der Waals surface area contributed by atoms with E-state index in [1.54, 1.807) is 9.80 Å². The highest BCUT2D eigenvalue weighted by Gasteiger charge is 2.44. The van der Waals surface area contributed by atoms with Gasteiger partial charge in [0, 0.05) is 32.4 Å². The Bertz CT molecular complexity index is 805. The minimum absolute atomic E-state index is 0.0338. The van der Waals surface area contributed by atoms with Crippen molar-refractivity contribution in [2.45, 2.75) is 65.4 Å². The number of ether oxygens (including phenoxy) is 2. The van der Waals surface area contributed by atoms with Gasteiger partial charge in [0.15, 0.2) is 5.69 Å². The van der Waals surface area contributed by atoms with E-state index in [4.69, 9.17) is 9.47 Å². The number of esters is 1. The van der Waals surface area contributed by atoms with Gasteiger partial charge >= 0.3 is 18.1 Å². The zero-order chi connectivity index (χ0) is 22.6. The lowest BCUT2D eigenvalue weighted by Gasteiger charge is -2.39. The minimum Gasteiger partial charge on any atom is -0.461 e. The number of likely N-dealkylation sites (tertiary alicyclic amines) is 2. The van der Waals surface area contributed by atoms with E-state index in [2.05, 4.69) is 5.10 Å². The van der Waals surface area contributed by atoms with E-state index in [0.717, 1.165) is 32.1 Å². The second-order valence-electron chi connectivity index (χ2n) is 9.56. The van der Waals surface area contributed by atoms with Crippen molar-refractivity contribution < 1.29 is 23.9 Å². The predicted molar refractivity (Wildman–Crippen MR) is 114 cm³/mol. The Kier molecular flexibility index (Phi) is 6.91. The molecule has 0 bridgehead atoms. The van der Waals surface area contributed by atoms with Crippen molar-refractivity contribution in [2.24, 2.45) is 5.41 Å². The van der Waals surface area contributed by atoms with Crippen molar-refractivity contribution in [3.05, 3.63) is 18.0 Å². The summed E-state index contributed by atoms with van der Waals surface area (Å²) in [7, 11) is 0. The first-order valence-corrected chi connectivity index (χ1v) is 11.1. The standard InChI is InChI=1S/C22H34N4O5/c1-5-6-15-30-18(27)17-7-11-26(23-17)19(28)24-12-8-22(9-13-24)10-14-25(16-22)20(29)31-21(2,3)4/h7,11H,5-6,8-10,12-16H2,1-4H3. The average Bonchev–Trinajstić information content (AvgIpc) is 3.35. The molecule has 31 heavy (non-hydrogen) atoms. The maximum Gasteiger partial charge on any atom is 0.410 e. The molecule has 9 heteroatoms. The Balaban J connectivity index is 1.51. The van der Waals surface area contributed by atoms with Crippen LogP contribution in [0.15, 0.2) is 12.3 Å². The molecular formula is C22H34N4O5. The van der Waals surface area contributed by atoms with E-state index < -0.39 is 11.6 Å². The molecule has 1 aromatic heterocycles. The van der Waals surface area contributed by atoms with Gasteiger partial charge < -0.3 is 19.3 Å².